The first-order valence-electron chi connectivity index (χ1n) is 0.908. The highest BCUT2D eigenvalue weighted by atomic mass is 32.1. The minimum atomic E-state index is 1.30. The largest absolute Gasteiger partial charge is 0.579 e. The minimum Gasteiger partial charge on any atom is -0.579 e. The molecule has 0 N–H and O–H groups in total. The summed E-state index contributed by atoms with van der Waals surface area (Å²) in [6, 6.07) is 0. The molecule has 0 bridgehead atoms. The molecule has 0 aliphatic carbocycles. The van der Waals surface area contributed by atoms with Crippen LogP contribution in [0.15, 0.2) is 0 Å². The molecule has 4 heteroatoms. The van der Waals surface area contributed by atoms with E-state index in [2.05, 4.69) is 27.2 Å². The molecule has 0 spiro atoms. The van der Waals surface area contributed by atoms with E-state index in [1.165, 1.54) is 7.11 Å². The van der Waals surface area contributed by atoms with Crippen molar-refractivity contribution in [2.75, 3.05) is 7.11 Å². The normalized spacial score (nSPS) is 8.40. The highest BCUT2D eigenvalue weighted by molar-refractivity contribution is 7.52. The summed E-state index contributed by atoms with van der Waals surface area (Å²) in [5.74, 6) is 0. The second-order valence-electron chi connectivity index (χ2n) is 0.303. The molecule has 32 valence electrons. The lowest BCUT2D eigenvalue weighted by Gasteiger charge is -1.98. The van der Waals surface area contributed by atoms with Crippen molar-refractivity contribution in [1.82, 2.24) is 0 Å². The van der Waals surface area contributed by atoms with E-state index in [1.54, 1.807) is 0 Å². The summed E-state index contributed by atoms with van der Waals surface area (Å²) < 4.78 is 3.55. The third-order valence-electron chi connectivity index (χ3n) is 0.0958. The van der Waals surface area contributed by atoms with Gasteiger partial charge in [-0.2, -0.15) is 0 Å². The fraction of sp³-hybridized carbons (Fsp3) is 1.00. The fourth-order valence-corrected chi connectivity index (χ4v) is 0.0833. The maximum absolute atomic E-state index is 3.86. The molecular formula is CH3O3S-. The summed E-state index contributed by atoms with van der Waals surface area (Å²) in [5, 5.41) is 3.65. The number of rotatable bonds is 2. The Bertz CT molecular complexity index is 14.4. The predicted molar refractivity (Wildman–Crippen MR) is 16.5 cm³/mol. The van der Waals surface area contributed by atoms with Crippen LogP contribution >= 0.6 is 0 Å². The molecule has 0 aliphatic heterocycles. The van der Waals surface area contributed by atoms with Crippen molar-refractivity contribution in [3.05, 3.63) is 0 Å². The highest BCUT2D eigenvalue weighted by Crippen LogP contribution is 1.66. The first-order chi connectivity index (χ1) is 2.41. The smallest absolute Gasteiger partial charge is 0.0743 e. The molecule has 0 fully saturated rings. The zero-order chi connectivity index (χ0) is 4.12. The third kappa shape index (κ3) is 4.23. The van der Waals surface area contributed by atoms with Crippen molar-refractivity contribution in [1.29, 1.82) is 0 Å². The first-order valence-corrected chi connectivity index (χ1v) is 1.24. The number of hydrogen-bond donors (Lipinski definition) is 0. The van der Waals surface area contributed by atoms with Gasteiger partial charge in [0.25, 0.3) is 0 Å². The lowest BCUT2D eigenvalue weighted by atomic mass is 11.8. The van der Waals surface area contributed by atoms with Crippen LogP contribution in [0.3, 0.4) is 0 Å². The quantitative estimate of drug-likeness (QED) is 0.273. The summed E-state index contributed by atoms with van der Waals surface area (Å²) in [4.78, 5) is 3.86. The standard InChI is InChI=1S/CH4O3S/c1-2-3-4-5/h5H,1H3/p-1. The SMILES string of the molecule is COOO[S-]. The highest BCUT2D eigenvalue weighted by Gasteiger charge is 1.54. The van der Waals surface area contributed by atoms with Crippen molar-refractivity contribution in [3.8, 4) is 0 Å². The Labute approximate surface area is 35.3 Å². The van der Waals surface area contributed by atoms with Gasteiger partial charge in [0.05, 0.1) is 7.11 Å². The topological polar surface area (TPSA) is 27.7 Å². The first kappa shape index (κ1) is 5.23. The van der Waals surface area contributed by atoms with Crippen LogP contribution < -0.4 is 0 Å². The summed E-state index contributed by atoms with van der Waals surface area (Å²) in [7, 11) is 1.30. The molecule has 0 radical (unpaired) electrons. The Hall–Kier alpha value is 0.230. The van der Waals surface area contributed by atoms with Crippen LogP contribution in [0.5, 0.6) is 0 Å². The Morgan fingerprint density at radius 2 is 2.20 bits per heavy atom. The Balaban J connectivity index is 2.19. The van der Waals surface area contributed by atoms with Gasteiger partial charge >= 0.3 is 0 Å². The van der Waals surface area contributed by atoms with Gasteiger partial charge in [-0.15, -0.1) is 0 Å². The van der Waals surface area contributed by atoms with Crippen LogP contribution in [-0.4, -0.2) is 7.11 Å². The van der Waals surface area contributed by atoms with Gasteiger partial charge in [-0.05, 0) is 0 Å². The van der Waals surface area contributed by atoms with Crippen LogP contribution in [0.25, 0.3) is 0 Å². The molecule has 0 saturated carbocycles. The summed E-state index contributed by atoms with van der Waals surface area (Å²) >= 11 is 3.80. The summed E-state index contributed by atoms with van der Waals surface area (Å²) in [6.07, 6.45) is 0. The van der Waals surface area contributed by atoms with Gasteiger partial charge in [-0.3, -0.25) is 0 Å². The minimum absolute atomic E-state index is 1.30. The van der Waals surface area contributed by atoms with E-state index >= 15 is 0 Å². The molecule has 0 unspecified atom stereocenters. The van der Waals surface area contributed by atoms with Crippen LogP contribution in [0, 0.1) is 0 Å². The second-order valence-corrected chi connectivity index (χ2v) is 0.439. The van der Waals surface area contributed by atoms with E-state index in [0.29, 0.717) is 0 Å². The fourth-order valence-electron chi connectivity index (χ4n) is 0.0278. The average molecular weight is 95.1 g/mol. The van der Waals surface area contributed by atoms with Gasteiger partial charge in [0.15, 0.2) is 0 Å². The van der Waals surface area contributed by atoms with Gasteiger partial charge in [-0.25, -0.2) is 4.89 Å². The molecule has 0 atom stereocenters. The zero-order valence-corrected chi connectivity index (χ0v) is 3.45. The maximum atomic E-state index is 3.86. The average Bonchev–Trinajstić information content (AvgIpc) is 1.41. The molecule has 0 rings (SSSR count). The Morgan fingerprint density at radius 3 is 2.20 bits per heavy atom. The molecule has 0 saturated heterocycles. The predicted octanol–water partition coefficient (Wildman–Crippen LogP) is -0.0421. The Kier molecular flexibility index (Phi) is 4.42. The third-order valence-corrected chi connectivity index (χ3v) is 0.151. The summed E-state index contributed by atoms with van der Waals surface area (Å²) in [6.45, 7) is 0. The molecule has 0 aromatic carbocycles. The molecule has 0 aromatic rings. The van der Waals surface area contributed by atoms with Crippen molar-refractivity contribution in [2.45, 2.75) is 0 Å². The van der Waals surface area contributed by atoms with Crippen LogP contribution in [0.1, 0.15) is 0 Å². The van der Waals surface area contributed by atoms with E-state index in [1.807, 2.05) is 0 Å². The zero-order valence-electron chi connectivity index (χ0n) is 2.63. The van der Waals surface area contributed by atoms with E-state index in [-0.39, 0.29) is 0 Å². The molecule has 0 aromatic heterocycles. The monoisotopic (exact) mass is 95.0 g/mol. The summed E-state index contributed by atoms with van der Waals surface area (Å²) in [5.41, 5.74) is 0. The molecular weight excluding hydrogens is 92.1 g/mol. The van der Waals surface area contributed by atoms with Crippen molar-refractivity contribution in [3.63, 3.8) is 0 Å². The van der Waals surface area contributed by atoms with Gasteiger partial charge < -0.3 is 17.2 Å². The number of hydrogen-bond acceptors (Lipinski definition) is 4. The van der Waals surface area contributed by atoms with Gasteiger partial charge in [0.2, 0.25) is 0 Å². The van der Waals surface area contributed by atoms with Crippen molar-refractivity contribution < 1.29 is 14.3 Å². The van der Waals surface area contributed by atoms with E-state index in [0.717, 1.165) is 0 Å². The van der Waals surface area contributed by atoms with Gasteiger partial charge in [0, 0.05) is 0 Å². The lowest BCUT2D eigenvalue weighted by Crippen LogP contribution is -1.81. The van der Waals surface area contributed by atoms with Crippen molar-refractivity contribution in [2.24, 2.45) is 0 Å². The molecule has 0 amide bonds. The maximum Gasteiger partial charge on any atom is 0.0743 e. The molecule has 0 heterocycles. The molecule has 0 aliphatic rings. The van der Waals surface area contributed by atoms with E-state index in [4.69, 9.17) is 0 Å². The van der Waals surface area contributed by atoms with E-state index < -0.39 is 0 Å². The second kappa shape index (κ2) is 4.23. The lowest BCUT2D eigenvalue weighted by molar-refractivity contribution is -0.446. The Morgan fingerprint density at radius 1 is 1.60 bits per heavy atom. The van der Waals surface area contributed by atoms with E-state index in [9.17, 15) is 0 Å². The van der Waals surface area contributed by atoms with Crippen molar-refractivity contribution >= 4 is 12.9 Å². The van der Waals surface area contributed by atoms with Crippen LogP contribution in [0.4, 0.5) is 0 Å². The molecule has 3 nitrogen and oxygen atoms in total. The van der Waals surface area contributed by atoms with Gasteiger partial charge in [0.1, 0.15) is 0 Å². The molecule has 5 heavy (non-hydrogen) atoms. The van der Waals surface area contributed by atoms with Crippen LogP contribution in [0.2, 0.25) is 0 Å². The van der Waals surface area contributed by atoms with Crippen LogP contribution in [-0.2, 0) is 27.2 Å². The van der Waals surface area contributed by atoms with Gasteiger partial charge in [-0.1, -0.05) is 5.04 Å².